The predicted octanol–water partition coefficient (Wildman–Crippen LogP) is 5.34. The number of carbonyl (C=O) groups is 4. The predicted molar refractivity (Wildman–Crippen MR) is 164 cm³/mol. The van der Waals surface area contributed by atoms with Crippen molar-refractivity contribution in [1.29, 1.82) is 0 Å². The minimum Gasteiger partial charge on any atom is -0.460 e. The van der Waals surface area contributed by atoms with Crippen molar-refractivity contribution < 1.29 is 33.4 Å². The van der Waals surface area contributed by atoms with E-state index < -0.39 is 41.3 Å². The third-order valence-electron chi connectivity index (χ3n) is 6.85. The Labute approximate surface area is 254 Å². The van der Waals surface area contributed by atoms with Gasteiger partial charge in [-0.3, -0.25) is 14.5 Å². The Morgan fingerprint density at radius 3 is 1.88 bits per heavy atom. The van der Waals surface area contributed by atoms with Crippen LogP contribution >= 0.6 is 0 Å². The third-order valence-corrected chi connectivity index (χ3v) is 6.85. The second-order valence-electron chi connectivity index (χ2n) is 12.8. The van der Waals surface area contributed by atoms with Crippen LogP contribution in [0.1, 0.15) is 71.4 Å². The molecule has 0 unspecified atom stereocenters. The molecule has 43 heavy (non-hydrogen) atoms. The number of fused-ring (bicyclic) bond motifs is 3. The number of ether oxygens (including phenoxy) is 3. The van der Waals surface area contributed by atoms with Gasteiger partial charge in [-0.2, -0.15) is 0 Å². The van der Waals surface area contributed by atoms with E-state index in [0.717, 1.165) is 27.2 Å². The molecule has 1 aliphatic carbocycles. The molecule has 0 bridgehead atoms. The van der Waals surface area contributed by atoms with Crippen molar-refractivity contribution in [3.05, 3.63) is 59.7 Å². The first-order chi connectivity index (χ1) is 20.1. The van der Waals surface area contributed by atoms with Crippen molar-refractivity contribution in [3.63, 3.8) is 0 Å². The monoisotopic (exact) mass is 595 g/mol. The summed E-state index contributed by atoms with van der Waals surface area (Å²) in [4.78, 5) is 54.0. The van der Waals surface area contributed by atoms with Crippen molar-refractivity contribution in [3.8, 4) is 11.1 Å². The summed E-state index contributed by atoms with van der Waals surface area (Å²) in [6, 6.07) is 14.9. The Kier molecular flexibility index (Phi) is 10.8. The van der Waals surface area contributed by atoms with E-state index in [-0.39, 0.29) is 25.5 Å². The van der Waals surface area contributed by atoms with Crippen LogP contribution in [-0.2, 0) is 23.8 Å². The van der Waals surface area contributed by atoms with Crippen LogP contribution in [0.5, 0.6) is 0 Å². The zero-order valence-electron chi connectivity index (χ0n) is 26.6. The van der Waals surface area contributed by atoms with Crippen molar-refractivity contribution in [2.45, 2.75) is 77.5 Å². The summed E-state index contributed by atoms with van der Waals surface area (Å²) in [6.45, 7) is 11.2. The van der Waals surface area contributed by atoms with E-state index in [2.05, 4.69) is 17.4 Å². The normalized spacial score (nSPS) is 13.3. The quantitative estimate of drug-likeness (QED) is 0.224. The maximum Gasteiger partial charge on any atom is 0.410 e. The highest BCUT2D eigenvalue weighted by Gasteiger charge is 2.34. The molecule has 0 heterocycles. The zero-order valence-corrected chi connectivity index (χ0v) is 26.6. The molecule has 1 atom stereocenters. The first-order valence-electron chi connectivity index (χ1n) is 14.6. The second-order valence-corrected chi connectivity index (χ2v) is 12.8. The summed E-state index contributed by atoms with van der Waals surface area (Å²) < 4.78 is 16.5. The highest BCUT2D eigenvalue weighted by Crippen LogP contribution is 2.44. The van der Waals surface area contributed by atoms with E-state index in [9.17, 15) is 19.2 Å². The number of carbonyl (C=O) groups excluding carboxylic acids is 4. The fraction of sp³-hybridized carbons (Fsp3) is 0.515. The van der Waals surface area contributed by atoms with Gasteiger partial charge >= 0.3 is 18.2 Å². The molecule has 1 aliphatic rings. The smallest absolute Gasteiger partial charge is 0.410 e. The average Bonchev–Trinajstić information content (AvgIpc) is 3.23. The summed E-state index contributed by atoms with van der Waals surface area (Å²) in [5.74, 6) is -1.29. The van der Waals surface area contributed by atoms with Crippen LogP contribution in [0.25, 0.3) is 11.1 Å². The summed E-state index contributed by atoms with van der Waals surface area (Å²) in [5.41, 5.74) is 2.97. The molecule has 0 radical (unpaired) electrons. The second kappa shape index (κ2) is 13.9. The minimum absolute atomic E-state index is 0.0783. The van der Waals surface area contributed by atoms with E-state index >= 15 is 0 Å². The van der Waals surface area contributed by atoms with E-state index in [0.29, 0.717) is 13.0 Å². The first-order valence-corrected chi connectivity index (χ1v) is 14.6. The van der Waals surface area contributed by atoms with Gasteiger partial charge in [0.2, 0.25) is 5.91 Å². The Morgan fingerprint density at radius 1 is 0.814 bits per heavy atom. The Balaban J connectivity index is 1.64. The lowest BCUT2D eigenvalue weighted by Gasteiger charge is -2.28. The van der Waals surface area contributed by atoms with Crippen LogP contribution in [0.2, 0.25) is 0 Å². The SMILES string of the molecule is CN(CCCNC(=O)[C@H](CC(=O)OC(C)(C)C)N(C)C(=O)OCC1c2ccccc2-c2ccccc21)C(=O)OC(C)(C)C. The number of hydrogen-bond acceptors (Lipinski definition) is 7. The topological polar surface area (TPSA) is 114 Å². The van der Waals surface area contributed by atoms with Gasteiger partial charge in [0.15, 0.2) is 0 Å². The van der Waals surface area contributed by atoms with Crippen molar-refractivity contribution >= 4 is 24.1 Å². The van der Waals surface area contributed by atoms with Crippen LogP contribution in [-0.4, -0.2) is 84.9 Å². The molecule has 10 nitrogen and oxygen atoms in total. The van der Waals surface area contributed by atoms with Crippen molar-refractivity contribution in [2.75, 3.05) is 33.8 Å². The van der Waals surface area contributed by atoms with E-state index in [1.54, 1.807) is 48.6 Å². The highest BCUT2D eigenvalue weighted by atomic mass is 16.6. The van der Waals surface area contributed by atoms with Crippen LogP contribution in [0, 0.1) is 0 Å². The summed E-state index contributed by atoms with van der Waals surface area (Å²) in [5, 5.41) is 2.78. The van der Waals surface area contributed by atoms with Gasteiger partial charge in [0.1, 0.15) is 23.9 Å². The number of rotatable bonds is 10. The number of amides is 3. The van der Waals surface area contributed by atoms with E-state index in [1.165, 1.54) is 11.9 Å². The molecule has 0 spiro atoms. The fourth-order valence-corrected chi connectivity index (χ4v) is 4.85. The molecule has 0 aromatic heterocycles. The number of hydrogen-bond donors (Lipinski definition) is 1. The van der Waals surface area contributed by atoms with Crippen molar-refractivity contribution in [1.82, 2.24) is 15.1 Å². The van der Waals surface area contributed by atoms with E-state index in [1.807, 2.05) is 36.4 Å². The van der Waals surface area contributed by atoms with Gasteiger partial charge in [-0.25, -0.2) is 9.59 Å². The van der Waals surface area contributed by atoms with Crippen LogP contribution in [0.4, 0.5) is 9.59 Å². The molecular formula is C33H45N3O7. The lowest BCUT2D eigenvalue weighted by atomic mass is 9.98. The first kappa shape index (κ1) is 33.4. The lowest BCUT2D eigenvalue weighted by molar-refractivity contribution is -0.157. The number of benzene rings is 2. The maximum absolute atomic E-state index is 13.3. The van der Waals surface area contributed by atoms with Gasteiger partial charge in [-0.05, 0) is 70.2 Å². The van der Waals surface area contributed by atoms with Gasteiger partial charge in [-0.15, -0.1) is 0 Å². The van der Waals surface area contributed by atoms with E-state index in [4.69, 9.17) is 14.2 Å². The average molecular weight is 596 g/mol. The molecule has 2 aromatic rings. The summed E-state index contributed by atoms with van der Waals surface area (Å²) in [6.07, 6.45) is -1.09. The molecule has 0 saturated carbocycles. The van der Waals surface area contributed by atoms with Gasteiger partial charge in [-0.1, -0.05) is 48.5 Å². The number of likely N-dealkylation sites (N-methyl/N-ethyl adjacent to an activating group) is 1. The summed E-state index contributed by atoms with van der Waals surface area (Å²) in [7, 11) is 3.05. The molecule has 3 amide bonds. The number of esters is 1. The van der Waals surface area contributed by atoms with Gasteiger partial charge in [0.25, 0.3) is 0 Å². The fourth-order valence-electron chi connectivity index (χ4n) is 4.85. The maximum atomic E-state index is 13.3. The number of nitrogens with zero attached hydrogens (tertiary/aromatic N) is 2. The van der Waals surface area contributed by atoms with Crippen LogP contribution in [0.15, 0.2) is 48.5 Å². The molecule has 1 N–H and O–H groups in total. The van der Waals surface area contributed by atoms with Gasteiger partial charge in [0.05, 0.1) is 6.42 Å². The van der Waals surface area contributed by atoms with Gasteiger partial charge < -0.3 is 24.4 Å². The molecule has 10 heteroatoms. The Morgan fingerprint density at radius 2 is 1.35 bits per heavy atom. The molecule has 234 valence electrons. The third kappa shape index (κ3) is 9.46. The highest BCUT2D eigenvalue weighted by molar-refractivity contribution is 5.89. The molecule has 0 saturated heterocycles. The van der Waals surface area contributed by atoms with Crippen LogP contribution < -0.4 is 5.32 Å². The van der Waals surface area contributed by atoms with Gasteiger partial charge in [0, 0.05) is 33.1 Å². The van der Waals surface area contributed by atoms with Crippen molar-refractivity contribution in [2.24, 2.45) is 0 Å². The minimum atomic E-state index is -1.16. The van der Waals surface area contributed by atoms with Crippen LogP contribution in [0.3, 0.4) is 0 Å². The number of nitrogens with one attached hydrogen (secondary N) is 1. The largest absolute Gasteiger partial charge is 0.460 e. The summed E-state index contributed by atoms with van der Waals surface area (Å²) >= 11 is 0. The molecular weight excluding hydrogens is 550 g/mol. The Bertz CT molecular complexity index is 1270. The molecule has 0 fully saturated rings. The standard InChI is InChI=1S/C33H45N3O7/c1-32(2,3)42-28(37)20-27(29(38)34-18-13-19-35(7)30(39)43-33(4,5)6)36(8)31(40)41-21-26-24-16-11-9-14-22(24)23-15-10-12-17-25(23)26/h9-12,14-17,26-27H,13,18-21H2,1-8H3,(H,34,38)/t27-/m0/s1. The molecule has 0 aliphatic heterocycles. The lowest BCUT2D eigenvalue weighted by Crippen LogP contribution is -2.50. The zero-order chi connectivity index (χ0) is 31.9. The Hall–Kier alpha value is -4.08. The molecule has 3 rings (SSSR count). The molecule has 2 aromatic carbocycles.